The maximum absolute atomic E-state index is 13.5. The number of carbonyl (C=O) groups excluding carboxylic acids is 1. The van der Waals surface area contributed by atoms with Gasteiger partial charge in [0.25, 0.3) is 5.91 Å². The molecule has 0 saturated heterocycles. The van der Waals surface area contributed by atoms with Gasteiger partial charge in [-0.15, -0.1) is 0 Å². The molecule has 0 bridgehead atoms. The molecule has 2 rings (SSSR count). The topological polar surface area (TPSA) is 125 Å². The average Bonchev–Trinajstić information content (AvgIpc) is 3.05. The fourth-order valence-corrected chi connectivity index (χ4v) is 3.63. The summed E-state index contributed by atoms with van der Waals surface area (Å²) in [5.41, 5.74) is 2.28. The number of aliphatic hydroxyl groups excluding tert-OH is 2. The number of aliphatic carboxylic acids is 1. The highest BCUT2D eigenvalue weighted by Gasteiger charge is 2.26. The molecular formula is C23H32FN3O5. The number of hydrogen-bond donors (Lipinski definition) is 4. The third-order valence-corrected chi connectivity index (χ3v) is 4.97. The number of amides is 1. The number of nitrogens with zero attached hydrogens (tertiary/aromatic N) is 2. The lowest BCUT2D eigenvalue weighted by Gasteiger charge is -2.17. The Labute approximate surface area is 187 Å². The molecule has 0 aliphatic rings. The van der Waals surface area contributed by atoms with Gasteiger partial charge in [0.15, 0.2) is 5.69 Å². The van der Waals surface area contributed by atoms with Crippen molar-refractivity contribution in [1.82, 2.24) is 15.1 Å². The second-order valence-electron chi connectivity index (χ2n) is 8.56. The van der Waals surface area contributed by atoms with Crippen molar-refractivity contribution in [2.24, 2.45) is 0 Å². The van der Waals surface area contributed by atoms with Crippen molar-refractivity contribution < 1.29 is 29.3 Å². The molecule has 1 amide bonds. The molecule has 1 aromatic carbocycles. The molecule has 0 fully saturated rings. The predicted molar refractivity (Wildman–Crippen MR) is 117 cm³/mol. The summed E-state index contributed by atoms with van der Waals surface area (Å²) in [6, 6.07) is 5.65. The summed E-state index contributed by atoms with van der Waals surface area (Å²) in [5, 5.41) is 36.3. The number of benzene rings is 1. The Morgan fingerprint density at radius 3 is 2.25 bits per heavy atom. The molecular weight excluding hydrogens is 417 g/mol. The molecule has 32 heavy (non-hydrogen) atoms. The first-order valence-electron chi connectivity index (χ1n) is 10.8. The molecule has 4 N–H and O–H groups in total. The van der Waals surface area contributed by atoms with Crippen LogP contribution in [0.15, 0.2) is 24.3 Å². The first-order chi connectivity index (χ1) is 15.0. The molecule has 0 radical (unpaired) electrons. The maximum Gasteiger partial charge on any atom is 0.305 e. The van der Waals surface area contributed by atoms with Crippen LogP contribution in [0.3, 0.4) is 0 Å². The highest BCUT2D eigenvalue weighted by atomic mass is 19.1. The van der Waals surface area contributed by atoms with Gasteiger partial charge in [0.2, 0.25) is 0 Å². The van der Waals surface area contributed by atoms with Crippen LogP contribution in [0.2, 0.25) is 0 Å². The summed E-state index contributed by atoms with van der Waals surface area (Å²) in [5.74, 6) is -1.90. The van der Waals surface area contributed by atoms with Crippen molar-refractivity contribution in [2.45, 2.75) is 77.5 Å². The zero-order valence-electron chi connectivity index (χ0n) is 18.9. The Balaban J connectivity index is 2.41. The summed E-state index contributed by atoms with van der Waals surface area (Å²) >= 11 is 0. The first-order valence-corrected chi connectivity index (χ1v) is 10.8. The van der Waals surface area contributed by atoms with Gasteiger partial charge in [-0.1, -0.05) is 13.8 Å². The van der Waals surface area contributed by atoms with Gasteiger partial charge in [0.05, 0.1) is 24.3 Å². The Kier molecular flexibility index (Phi) is 8.91. The number of carboxylic acid groups (broad SMARTS) is 1. The van der Waals surface area contributed by atoms with E-state index in [0.717, 1.165) is 5.56 Å². The maximum atomic E-state index is 13.5. The number of carboxylic acids is 1. The van der Waals surface area contributed by atoms with Crippen molar-refractivity contribution in [3.8, 4) is 5.69 Å². The highest BCUT2D eigenvalue weighted by molar-refractivity contribution is 5.94. The molecule has 0 spiro atoms. The molecule has 9 heteroatoms. The standard InChI is InChI=1S/C23H32FN3O5/c1-13(2)21-19(10-9-17(28)11-18(29)12-20(30)31)27(16-7-5-15(24)6-8-16)26-22(21)23(32)25-14(3)4/h5-8,13-14,17-18,28-29H,9-12H2,1-4H3,(H,25,32)(H,30,31). The van der Waals surface area contributed by atoms with Gasteiger partial charge in [-0.05, 0) is 63.3 Å². The largest absolute Gasteiger partial charge is 0.481 e. The summed E-state index contributed by atoms with van der Waals surface area (Å²) < 4.78 is 15.0. The third kappa shape index (κ3) is 6.86. The summed E-state index contributed by atoms with van der Waals surface area (Å²) in [6.07, 6.45) is -2.05. The van der Waals surface area contributed by atoms with Crippen LogP contribution in [0.1, 0.15) is 74.6 Å². The second-order valence-corrected chi connectivity index (χ2v) is 8.56. The summed E-state index contributed by atoms with van der Waals surface area (Å²) in [6.45, 7) is 7.58. The van der Waals surface area contributed by atoms with Crippen LogP contribution in [-0.2, 0) is 11.2 Å². The Hall–Kier alpha value is -2.78. The molecule has 176 valence electrons. The van der Waals surface area contributed by atoms with Crippen LogP contribution < -0.4 is 5.32 Å². The smallest absolute Gasteiger partial charge is 0.305 e. The van der Waals surface area contributed by atoms with E-state index in [0.29, 0.717) is 17.8 Å². The molecule has 0 saturated carbocycles. The predicted octanol–water partition coefficient (Wildman–Crippen LogP) is 2.79. The second kappa shape index (κ2) is 11.2. The van der Waals surface area contributed by atoms with E-state index in [1.54, 1.807) is 16.8 Å². The Morgan fingerprint density at radius 2 is 1.72 bits per heavy atom. The SMILES string of the molecule is CC(C)NC(=O)c1nn(-c2ccc(F)cc2)c(CCC(O)CC(O)CC(=O)O)c1C(C)C. The first kappa shape index (κ1) is 25.5. The zero-order chi connectivity index (χ0) is 24.0. The minimum atomic E-state index is -1.15. The van der Waals surface area contributed by atoms with E-state index in [1.165, 1.54) is 12.1 Å². The molecule has 2 atom stereocenters. The fraction of sp³-hybridized carbons (Fsp3) is 0.522. The van der Waals surface area contributed by atoms with Crippen molar-refractivity contribution in [3.05, 3.63) is 47.0 Å². The van der Waals surface area contributed by atoms with Gasteiger partial charge in [-0.2, -0.15) is 5.10 Å². The normalized spacial score (nSPS) is 13.4. The number of carbonyl (C=O) groups is 2. The van der Waals surface area contributed by atoms with Crippen LogP contribution in [-0.4, -0.2) is 55.2 Å². The number of nitrogens with one attached hydrogen (secondary N) is 1. The van der Waals surface area contributed by atoms with Crippen molar-refractivity contribution in [3.63, 3.8) is 0 Å². The van der Waals surface area contributed by atoms with E-state index in [-0.39, 0.29) is 36.4 Å². The number of hydrogen-bond acceptors (Lipinski definition) is 5. The van der Waals surface area contributed by atoms with Crippen molar-refractivity contribution in [1.29, 1.82) is 0 Å². The van der Waals surface area contributed by atoms with Crippen LogP contribution in [0.25, 0.3) is 5.69 Å². The molecule has 0 aliphatic carbocycles. The van der Waals surface area contributed by atoms with E-state index in [9.17, 15) is 24.2 Å². The lowest BCUT2D eigenvalue weighted by Crippen LogP contribution is -2.31. The quantitative estimate of drug-likeness (QED) is 0.418. The number of rotatable bonds is 11. The van der Waals surface area contributed by atoms with Crippen LogP contribution in [0.5, 0.6) is 0 Å². The third-order valence-electron chi connectivity index (χ3n) is 4.97. The van der Waals surface area contributed by atoms with E-state index in [2.05, 4.69) is 10.4 Å². The van der Waals surface area contributed by atoms with Gasteiger partial charge in [0.1, 0.15) is 5.82 Å². The minimum absolute atomic E-state index is 0.0538. The van der Waals surface area contributed by atoms with Crippen LogP contribution in [0.4, 0.5) is 4.39 Å². The van der Waals surface area contributed by atoms with Gasteiger partial charge in [-0.3, -0.25) is 9.59 Å². The molecule has 1 heterocycles. The highest BCUT2D eigenvalue weighted by Crippen LogP contribution is 2.28. The van der Waals surface area contributed by atoms with Crippen molar-refractivity contribution in [2.75, 3.05) is 0 Å². The zero-order valence-corrected chi connectivity index (χ0v) is 18.9. The minimum Gasteiger partial charge on any atom is -0.481 e. The van der Waals surface area contributed by atoms with Crippen LogP contribution >= 0.6 is 0 Å². The Morgan fingerprint density at radius 1 is 1.09 bits per heavy atom. The number of halogens is 1. The number of aromatic nitrogens is 2. The molecule has 2 unspecified atom stereocenters. The lowest BCUT2D eigenvalue weighted by atomic mass is 9.95. The van der Waals surface area contributed by atoms with Gasteiger partial charge >= 0.3 is 5.97 Å². The molecule has 1 aromatic heterocycles. The monoisotopic (exact) mass is 449 g/mol. The fourth-order valence-electron chi connectivity index (χ4n) is 3.63. The Bertz CT molecular complexity index is 924. The van der Waals surface area contributed by atoms with Crippen LogP contribution in [0, 0.1) is 5.82 Å². The van der Waals surface area contributed by atoms with E-state index < -0.39 is 30.4 Å². The number of aliphatic hydroxyl groups is 2. The van der Waals surface area contributed by atoms with Gasteiger partial charge in [-0.25, -0.2) is 9.07 Å². The van der Waals surface area contributed by atoms with E-state index in [4.69, 9.17) is 5.11 Å². The van der Waals surface area contributed by atoms with Gasteiger partial charge < -0.3 is 20.6 Å². The molecule has 2 aromatic rings. The van der Waals surface area contributed by atoms with E-state index >= 15 is 0 Å². The molecule has 0 aliphatic heterocycles. The van der Waals surface area contributed by atoms with Gasteiger partial charge in [0, 0.05) is 17.3 Å². The van der Waals surface area contributed by atoms with E-state index in [1.807, 2.05) is 27.7 Å². The average molecular weight is 450 g/mol. The van der Waals surface area contributed by atoms with Crippen molar-refractivity contribution >= 4 is 11.9 Å². The lowest BCUT2D eigenvalue weighted by molar-refractivity contribution is -0.139. The summed E-state index contributed by atoms with van der Waals surface area (Å²) in [7, 11) is 0. The summed E-state index contributed by atoms with van der Waals surface area (Å²) in [4.78, 5) is 23.6. The molecule has 8 nitrogen and oxygen atoms in total.